The quantitative estimate of drug-likeness (QED) is 0.846. The van der Waals surface area contributed by atoms with Gasteiger partial charge in [-0.15, -0.1) is 0 Å². The third kappa shape index (κ3) is 4.35. The number of aliphatic hydroxyl groups excluding tert-OH is 1. The molecule has 0 radical (unpaired) electrons. The minimum atomic E-state index is -0.337. The predicted molar refractivity (Wildman–Crippen MR) is 84.0 cm³/mol. The maximum atomic E-state index is 9.27. The Kier molecular flexibility index (Phi) is 5.12. The lowest BCUT2D eigenvalue weighted by molar-refractivity contribution is 0.0659. The minimum absolute atomic E-state index is 0.182. The summed E-state index contributed by atoms with van der Waals surface area (Å²) in [5, 5.41) is 12.8. The zero-order valence-electron chi connectivity index (χ0n) is 13.5. The molecule has 2 atom stereocenters. The van der Waals surface area contributed by atoms with Gasteiger partial charge in [0, 0.05) is 30.5 Å². The molecule has 0 spiro atoms. The molecule has 2 unspecified atom stereocenters. The van der Waals surface area contributed by atoms with Crippen molar-refractivity contribution in [1.82, 2.24) is 5.32 Å². The van der Waals surface area contributed by atoms with Crippen molar-refractivity contribution in [2.24, 2.45) is 0 Å². The number of hydrogen-bond acceptors (Lipinski definition) is 4. The third-order valence-corrected chi connectivity index (χ3v) is 3.70. The Balaban J connectivity index is 2.14. The van der Waals surface area contributed by atoms with Crippen LogP contribution in [0, 0.1) is 0 Å². The largest absolute Gasteiger partial charge is 0.493 e. The average molecular weight is 293 g/mol. The van der Waals surface area contributed by atoms with Gasteiger partial charge in [-0.1, -0.05) is 13.0 Å². The van der Waals surface area contributed by atoms with Crippen LogP contribution in [0.1, 0.15) is 52.1 Å². The highest BCUT2D eigenvalue weighted by molar-refractivity contribution is 5.44. The van der Waals surface area contributed by atoms with Crippen LogP contribution in [-0.2, 0) is 0 Å². The van der Waals surface area contributed by atoms with Crippen LogP contribution in [0.25, 0.3) is 0 Å². The Bertz CT molecular complexity index is 471. The smallest absolute Gasteiger partial charge is 0.128 e. The Morgan fingerprint density at radius 1 is 1.48 bits per heavy atom. The van der Waals surface area contributed by atoms with Gasteiger partial charge in [-0.25, -0.2) is 0 Å². The van der Waals surface area contributed by atoms with Crippen molar-refractivity contribution in [3.8, 4) is 11.5 Å². The molecule has 0 saturated heterocycles. The van der Waals surface area contributed by atoms with Crippen molar-refractivity contribution >= 4 is 0 Å². The van der Waals surface area contributed by atoms with Crippen LogP contribution < -0.4 is 14.8 Å². The third-order valence-electron chi connectivity index (χ3n) is 3.70. The van der Waals surface area contributed by atoms with E-state index in [2.05, 4.69) is 32.2 Å². The van der Waals surface area contributed by atoms with E-state index in [0.29, 0.717) is 19.1 Å². The van der Waals surface area contributed by atoms with Crippen LogP contribution in [0.3, 0.4) is 0 Å². The first kappa shape index (κ1) is 16.1. The number of rotatable bonds is 6. The van der Waals surface area contributed by atoms with Crippen LogP contribution >= 0.6 is 0 Å². The zero-order valence-corrected chi connectivity index (χ0v) is 13.5. The second-order valence-corrected chi connectivity index (χ2v) is 6.36. The van der Waals surface area contributed by atoms with Crippen LogP contribution in [-0.4, -0.2) is 30.0 Å². The molecular formula is C17H27NO3. The summed E-state index contributed by atoms with van der Waals surface area (Å²) in [7, 11) is 0. The van der Waals surface area contributed by atoms with Crippen molar-refractivity contribution in [1.29, 1.82) is 0 Å². The highest BCUT2D eigenvalue weighted by Crippen LogP contribution is 2.41. The van der Waals surface area contributed by atoms with E-state index in [1.807, 2.05) is 12.1 Å². The van der Waals surface area contributed by atoms with Gasteiger partial charge in [-0.2, -0.15) is 0 Å². The molecule has 1 aromatic rings. The van der Waals surface area contributed by atoms with E-state index in [1.165, 1.54) is 5.56 Å². The fourth-order valence-electron chi connectivity index (χ4n) is 2.70. The molecule has 0 amide bonds. The van der Waals surface area contributed by atoms with Crippen molar-refractivity contribution < 1.29 is 14.6 Å². The maximum absolute atomic E-state index is 9.27. The normalized spacial score (nSPS) is 21.3. The van der Waals surface area contributed by atoms with Crippen molar-refractivity contribution in [2.45, 2.75) is 58.3 Å². The van der Waals surface area contributed by atoms with Crippen LogP contribution in [0.15, 0.2) is 18.2 Å². The Labute approximate surface area is 127 Å². The van der Waals surface area contributed by atoms with Crippen molar-refractivity contribution in [3.05, 3.63) is 23.8 Å². The number of ether oxygens (including phenoxy) is 2. The number of fused-ring (bicyclic) bond motifs is 1. The fourth-order valence-corrected chi connectivity index (χ4v) is 2.70. The number of benzene rings is 1. The average Bonchev–Trinajstić information content (AvgIpc) is 2.37. The van der Waals surface area contributed by atoms with Crippen molar-refractivity contribution in [2.75, 3.05) is 13.2 Å². The second kappa shape index (κ2) is 6.67. The summed E-state index contributed by atoms with van der Waals surface area (Å²) in [4.78, 5) is 0. The summed E-state index contributed by atoms with van der Waals surface area (Å²) >= 11 is 0. The van der Waals surface area contributed by atoms with Gasteiger partial charge in [-0.3, -0.25) is 0 Å². The molecule has 2 rings (SSSR count). The number of hydrogen-bond donors (Lipinski definition) is 2. The van der Waals surface area contributed by atoms with Gasteiger partial charge < -0.3 is 19.9 Å². The molecular weight excluding hydrogens is 266 g/mol. The molecule has 1 aliphatic rings. The maximum Gasteiger partial charge on any atom is 0.128 e. The first-order valence-corrected chi connectivity index (χ1v) is 7.78. The Morgan fingerprint density at radius 2 is 2.24 bits per heavy atom. The molecule has 21 heavy (non-hydrogen) atoms. The molecule has 1 aliphatic heterocycles. The molecule has 0 fully saturated rings. The molecule has 2 N–H and O–H groups in total. The molecule has 1 heterocycles. The molecule has 1 aromatic carbocycles. The number of aliphatic hydroxyl groups is 1. The summed E-state index contributed by atoms with van der Waals surface area (Å²) in [6.07, 6.45) is 1.25. The standard InChI is InChI=1S/C17H27NO3/c1-5-18-15-11-17(3,4)21-16-10-13(6-7-14(15)16)20-9-8-12(2)19/h6-7,10,12,15,18-19H,5,8-9,11H2,1-4H3. The van der Waals surface area contributed by atoms with Gasteiger partial charge in [-0.05, 0) is 33.4 Å². The summed E-state index contributed by atoms with van der Waals surface area (Å²) in [6, 6.07) is 6.34. The van der Waals surface area contributed by atoms with E-state index in [1.54, 1.807) is 6.92 Å². The van der Waals surface area contributed by atoms with E-state index in [4.69, 9.17) is 9.47 Å². The lowest BCUT2D eigenvalue weighted by atomic mass is 9.89. The van der Waals surface area contributed by atoms with Crippen LogP contribution in [0.4, 0.5) is 0 Å². The molecule has 4 nitrogen and oxygen atoms in total. The fraction of sp³-hybridized carbons (Fsp3) is 0.647. The SMILES string of the molecule is CCNC1CC(C)(C)Oc2cc(OCCC(C)O)ccc21. The van der Waals surface area contributed by atoms with Crippen LogP contribution in [0.5, 0.6) is 11.5 Å². The Morgan fingerprint density at radius 3 is 2.90 bits per heavy atom. The highest BCUT2D eigenvalue weighted by Gasteiger charge is 2.33. The lowest BCUT2D eigenvalue weighted by Gasteiger charge is -2.38. The van der Waals surface area contributed by atoms with Gasteiger partial charge in [0.25, 0.3) is 0 Å². The zero-order chi connectivity index (χ0) is 15.5. The van der Waals surface area contributed by atoms with Gasteiger partial charge in [0.15, 0.2) is 0 Å². The van der Waals surface area contributed by atoms with Gasteiger partial charge in [0.1, 0.15) is 17.1 Å². The highest BCUT2D eigenvalue weighted by atomic mass is 16.5. The number of nitrogens with one attached hydrogen (secondary N) is 1. The van der Waals surface area contributed by atoms with Crippen molar-refractivity contribution in [3.63, 3.8) is 0 Å². The van der Waals surface area contributed by atoms with E-state index in [0.717, 1.165) is 24.5 Å². The summed E-state index contributed by atoms with van der Waals surface area (Å²) in [5.74, 6) is 1.69. The van der Waals surface area contributed by atoms with E-state index in [9.17, 15) is 5.11 Å². The summed E-state index contributed by atoms with van der Waals surface area (Å²) < 4.78 is 11.8. The lowest BCUT2D eigenvalue weighted by Crippen LogP contribution is -2.39. The molecule has 0 bridgehead atoms. The van der Waals surface area contributed by atoms with Crippen LogP contribution in [0.2, 0.25) is 0 Å². The van der Waals surface area contributed by atoms with E-state index >= 15 is 0 Å². The Hall–Kier alpha value is -1.26. The summed E-state index contributed by atoms with van der Waals surface area (Å²) in [6.45, 7) is 9.56. The van der Waals surface area contributed by atoms with E-state index < -0.39 is 0 Å². The van der Waals surface area contributed by atoms with Gasteiger partial charge in [0.05, 0.1) is 12.7 Å². The first-order chi connectivity index (χ1) is 9.91. The molecule has 0 saturated carbocycles. The topological polar surface area (TPSA) is 50.7 Å². The first-order valence-electron chi connectivity index (χ1n) is 7.78. The van der Waals surface area contributed by atoms with Gasteiger partial charge in [0.2, 0.25) is 0 Å². The summed E-state index contributed by atoms with van der Waals surface area (Å²) in [5.41, 5.74) is 1.01. The molecule has 0 aromatic heterocycles. The molecule has 0 aliphatic carbocycles. The molecule has 118 valence electrons. The van der Waals surface area contributed by atoms with Gasteiger partial charge >= 0.3 is 0 Å². The van der Waals surface area contributed by atoms with E-state index in [-0.39, 0.29) is 11.7 Å². The molecule has 4 heteroatoms. The monoisotopic (exact) mass is 293 g/mol. The predicted octanol–water partition coefficient (Wildman–Crippen LogP) is 3.05. The second-order valence-electron chi connectivity index (χ2n) is 6.36. The minimum Gasteiger partial charge on any atom is -0.493 e.